The number of fused-ring (bicyclic) bond motifs is 1. The zero-order valence-electron chi connectivity index (χ0n) is 17.6. The lowest BCUT2D eigenvalue weighted by Crippen LogP contribution is -2.51. The first-order chi connectivity index (χ1) is 15.0. The highest BCUT2D eigenvalue weighted by Gasteiger charge is 2.37. The van der Waals surface area contributed by atoms with Gasteiger partial charge in [0.25, 0.3) is 0 Å². The van der Waals surface area contributed by atoms with Crippen LogP contribution < -0.4 is 5.32 Å². The molecule has 1 amide bonds. The van der Waals surface area contributed by atoms with Gasteiger partial charge in [-0.05, 0) is 43.0 Å². The summed E-state index contributed by atoms with van der Waals surface area (Å²) in [6.07, 6.45) is 2.97. The molecule has 4 rings (SSSR count). The Labute approximate surface area is 182 Å². The molecule has 3 aromatic rings. The minimum absolute atomic E-state index is 0.145. The van der Waals surface area contributed by atoms with E-state index in [1.807, 2.05) is 37.3 Å². The molecule has 2 heterocycles. The standard InChI is InChI=1S/C22H27N5O3S/c1-2-13-26-20-12-11-18(15-19(20)24-25-26)31(29,30)27-14-7-6-10-21(27)22(28)23-16-17-8-4-3-5-9-17/h3-5,8-9,11-12,15,21H,2,6-7,10,13-14,16H2,1H3,(H,23,28). The SMILES string of the molecule is CCCn1nnc2cc(S(=O)(=O)N3CCCCC3C(=O)NCc3ccccc3)ccc21. The number of hydrogen-bond acceptors (Lipinski definition) is 5. The van der Waals surface area contributed by atoms with Crippen molar-refractivity contribution in [3.05, 3.63) is 54.1 Å². The Kier molecular flexibility index (Phi) is 6.33. The molecule has 9 heteroatoms. The number of aromatic nitrogens is 3. The van der Waals surface area contributed by atoms with Crippen LogP contribution in [0.3, 0.4) is 0 Å². The normalized spacial score (nSPS) is 17.6. The highest BCUT2D eigenvalue weighted by Crippen LogP contribution is 2.27. The molecule has 1 atom stereocenters. The summed E-state index contributed by atoms with van der Waals surface area (Å²) in [4.78, 5) is 13.0. The van der Waals surface area contributed by atoms with Crippen LogP contribution in [0.1, 0.15) is 38.2 Å². The van der Waals surface area contributed by atoms with Crippen molar-refractivity contribution in [2.75, 3.05) is 6.54 Å². The second-order valence-corrected chi connectivity index (χ2v) is 9.68. The van der Waals surface area contributed by atoms with E-state index >= 15 is 0 Å². The van der Waals surface area contributed by atoms with E-state index in [9.17, 15) is 13.2 Å². The molecule has 164 valence electrons. The lowest BCUT2D eigenvalue weighted by atomic mass is 10.0. The van der Waals surface area contributed by atoms with E-state index < -0.39 is 16.1 Å². The Bertz CT molecular complexity index is 1160. The molecule has 31 heavy (non-hydrogen) atoms. The van der Waals surface area contributed by atoms with E-state index in [1.165, 1.54) is 4.31 Å². The number of nitrogens with one attached hydrogen (secondary N) is 1. The predicted octanol–water partition coefficient (Wildman–Crippen LogP) is 2.70. The number of sulfonamides is 1. The van der Waals surface area contributed by atoms with Crippen molar-refractivity contribution in [3.8, 4) is 0 Å². The third kappa shape index (κ3) is 4.47. The van der Waals surface area contributed by atoms with Crippen molar-refractivity contribution in [1.82, 2.24) is 24.6 Å². The van der Waals surface area contributed by atoms with Gasteiger partial charge in [-0.1, -0.05) is 48.9 Å². The molecule has 0 radical (unpaired) electrons. The number of benzene rings is 2. The van der Waals surface area contributed by atoms with E-state index in [2.05, 4.69) is 15.6 Å². The van der Waals surface area contributed by atoms with Crippen molar-refractivity contribution in [3.63, 3.8) is 0 Å². The van der Waals surface area contributed by atoms with E-state index in [4.69, 9.17) is 0 Å². The molecular weight excluding hydrogens is 414 g/mol. The largest absolute Gasteiger partial charge is 0.351 e. The lowest BCUT2D eigenvalue weighted by molar-refractivity contribution is -0.125. The Balaban J connectivity index is 1.56. The number of rotatable bonds is 7. The predicted molar refractivity (Wildman–Crippen MR) is 118 cm³/mol. The third-order valence-corrected chi connectivity index (χ3v) is 7.50. The molecule has 0 aliphatic carbocycles. The molecule has 0 saturated carbocycles. The van der Waals surface area contributed by atoms with Crippen molar-refractivity contribution >= 4 is 27.0 Å². The van der Waals surface area contributed by atoms with Crippen LogP contribution >= 0.6 is 0 Å². The van der Waals surface area contributed by atoms with Gasteiger partial charge in [-0.2, -0.15) is 4.31 Å². The minimum atomic E-state index is -3.84. The molecule has 1 fully saturated rings. The van der Waals surface area contributed by atoms with Crippen LogP contribution in [0.4, 0.5) is 0 Å². The maximum Gasteiger partial charge on any atom is 0.243 e. The summed E-state index contributed by atoms with van der Waals surface area (Å²) in [7, 11) is -3.84. The van der Waals surface area contributed by atoms with Gasteiger partial charge in [-0.15, -0.1) is 5.10 Å². The maximum atomic E-state index is 13.4. The van der Waals surface area contributed by atoms with Gasteiger partial charge in [0.1, 0.15) is 11.6 Å². The highest BCUT2D eigenvalue weighted by molar-refractivity contribution is 7.89. The smallest absolute Gasteiger partial charge is 0.243 e. The summed E-state index contributed by atoms with van der Waals surface area (Å²) in [5.41, 5.74) is 2.31. The number of carbonyl (C=O) groups is 1. The number of piperidine rings is 1. The second kappa shape index (κ2) is 9.15. The average molecular weight is 442 g/mol. The topological polar surface area (TPSA) is 97.2 Å². The summed E-state index contributed by atoms with van der Waals surface area (Å²) in [5.74, 6) is -0.262. The molecule has 0 bridgehead atoms. The fourth-order valence-corrected chi connectivity index (χ4v) is 5.66. The third-order valence-electron chi connectivity index (χ3n) is 5.59. The summed E-state index contributed by atoms with van der Waals surface area (Å²) in [6, 6.07) is 13.8. The van der Waals surface area contributed by atoms with Gasteiger partial charge in [-0.3, -0.25) is 4.79 Å². The monoisotopic (exact) mass is 441 g/mol. The van der Waals surface area contributed by atoms with Gasteiger partial charge in [0.05, 0.1) is 10.4 Å². The van der Waals surface area contributed by atoms with Crippen LogP contribution in [0.5, 0.6) is 0 Å². The Morgan fingerprint density at radius 1 is 1.16 bits per heavy atom. The Morgan fingerprint density at radius 3 is 2.74 bits per heavy atom. The first-order valence-corrected chi connectivity index (χ1v) is 12.1. The van der Waals surface area contributed by atoms with Gasteiger partial charge in [0.2, 0.25) is 15.9 Å². The molecule has 2 aromatic carbocycles. The minimum Gasteiger partial charge on any atom is -0.351 e. The summed E-state index contributed by atoms with van der Waals surface area (Å²) in [5, 5.41) is 11.1. The highest BCUT2D eigenvalue weighted by atomic mass is 32.2. The molecular formula is C22H27N5O3S. The van der Waals surface area contributed by atoms with Crippen molar-refractivity contribution in [2.45, 2.75) is 56.6 Å². The summed E-state index contributed by atoms with van der Waals surface area (Å²) < 4.78 is 30.0. The maximum absolute atomic E-state index is 13.4. The number of amides is 1. The fourth-order valence-electron chi connectivity index (χ4n) is 3.98. The molecule has 0 spiro atoms. The second-order valence-electron chi connectivity index (χ2n) is 7.79. The Hall–Kier alpha value is -2.78. The lowest BCUT2D eigenvalue weighted by Gasteiger charge is -2.33. The van der Waals surface area contributed by atoms with Crippen LogP contribution in [0.2, 0.25) is 0 Å². The van der Waals surface area contributed by atoms with Gasteiger partial charge >= 0.3 is 0 Å². The summed E-state index contributed by atoms with van der Waals surface area (Å²) in [6.45, 7) is 3.47. The quantitative estimate of drug-likeness (QED) is 0.608. The zero-order valence-corrected chi connectivity index (χ0v) is 18.4. The zero-order chi connectivity index (χ0) is 21.8. The van der Waals surface area contributed by atoms with Crippen LogP contribution in [-0.4, -0.2) is 46.2 Å². The number of carbonyl (C=O) groups excluding carboxylic acids is 1. The van der Waals surface area contributed by atoms with Crippen LogP contribution in [0.25, 0.3) is 11.0 Å². The molecule has 1 aliphatic rings. The van der Waals surface area contributed by atoms with Crippen LogP contribution in [0.15, 0.2) is 53.4 Å². The molecule has 1 unspecified atom stereocenters. The first-order valence-electron chi connectivity index (χ1n) is 10.7. The molecule has 1 N–H and O–H groups in total. The van der Waals surface area contributed by atoms with Gasteiger partial charge in [0, 0.05) is 19.6 Å². The molecule has 1 aliphatic heterocycles. The van der Waals surface area contributed by atoms with E-state index in [1.54, 1.807) is 22.9 Å². The number of aryl methyl sites for hydroxylation is 1. The fraction of sp³-hybridized carbons (Fsp3) is 0.409. The van der Waals surface area contributed by atoms with Crippen LogP contribution in [-0.2, 0) is 27.9 Å². The van der Waals surface area contributed by atoms with Gasteiger partial charge in [0.15, 0.2) is 0 Å². The van der Waals surface area contributed by atoms with E-state index in [0.717, 1.165) is 36.9 Å². The van der Waals surface area contributed by atoms with Crippen molar-refractivity contribution in [2.24, 2.45) is 0 Å². The molecule has 1 saturated heterocycles. The summed E-state index contributed by atoms with van der Waals surface area (Å²) >= 11 is 0. The van der Waals surface area contributed by atoms with Gasteiger partial charge in [-0.25, -0.2) is 13.1 Å². The van der Waals surface area contributed by atoms with E-state index in [-0.39, 0.29) is 10.8 Å². The van der Waals surface area contributed by atoms with Crippen LogP contribution in [0, 0.1) is 0 Å². The van der Waals surface area contributed by atoms with Crippen molar-refractivity contribution < 1.29 is 13.2 Å². The number of hydrogen-bond donors (Lipinski definition) is 1. The molecule has 8 nitrogen and oxygen atoms in total. The first kappa shape index (κ1) is 21.5. The van der Waals surface area contributed by atoms with Crippen molar-refractivity contribution in [1.29, 1.82) is 0 Å². The van der Waals surface area contributed by atoms with E-state index in [0.29, 0.717) is 25.0 Å². The van der Waals surface area contributed by atoms with Gasteiger partial charge < -0.3 is 5.32 Å². The Morgan fingerprint density at radius 2 is 1.97 bits per heavy atom. The number of nitrogens with zero attached hydrogens (tertiary/aromatic N) is 4. The molecule has 1 aromatic heterocycles. The average Bonchev–Trinajstić information content (AvgIpc) is 3.20.